The summed E-state index contributed by atoms with van der Waals surface area (Å²) in [4.78, 5) is 11.3. The van der Waals surface area contributed by atoms with Crippen molar-refractivity contribution in [2.24, 2.45) is 0 Å². The van der Waals surface area contributed by atoms with Gasteiger partial charge in [0.15, 0.2) is 0 Å². The average molecular weight is 364 g/mol. The number of sulfonamides is 1. The van der Waals surface area contributed by atoms with Crippen molar-refractivity contribution in [3.63, 3.8) is 0 Å². The lowest BCUT2D eigenvalue weighted by Gasteiger charge is -2.16. The van der Waals surface area contributed by atoms with E-state index in [2.05, 4.69) is 10.0 Å². The van der Waals surface area contributed by atoms with E-state index < -0.39 is 22.0 Å². The SMILES string of the molecule is C[C@@H](NS(=O)(=O)c1ccc(NCCO)c(C(=O)O)c1)c1ccccc1. The van der Waals surface area contributed by atoms with Crippen LogP contribution in [0.4, 0.5) is 5.69 Å². The second-order valence-electron chi connectivity index (χ2n) is 5.42. The molecule has 0 amide bonds. The molecule has 0 aliphatic rings. The molecule has 134 valence electrons. The molecule has 7 nitrogen and oxygen atoms in total. The van der Waals surface area contributed by atoms with Crippen molar-refractivity contribution in [1.29, 1.82) is 0 Å². The van der Waals surface area contributed by atoms with E-state index in [9.17, 15) is 18.3 Å². The van der Waals surface area contributed by atoms with Crippen molar-refractivity contribution in [2.75, 3.05) is 18.5 Å². The van der Waals surface area contributed by atoms with Crippen LogP contribution in [-0.4, -0.2) is 37.8 Å². The van der Waals surface area contributed by atoms with Crippen molar-refractivity contribution in [3.8, 4) is 0 Å². The van der Waals surface area contributed by atoms with Crippen LogP contribution in [0, 0.1) is 0 Å². The van der Waals surface area contributed by atoms with Crippen molar-refractivity contribution in [2.45, 2.75) is 17.9 Å². The zero-order valence-electron chi connectivity index (χ0n) is 13.6. The van der Waals surface area contributed by atoms with Crippen molar-refractivity contribution in [1.82, 2.24) is 4.72 Å². The van der Waals surface area contributed by atoms with Crippen LogP contribution >= 0.6 is 0 Å². The smallest absolute Gasteiger partial charge is 0.337 e. The van der Waals surface area contributed by atoms with Gasteiger partial charge in [-0.3, -0.25) is 0 Å². The number of nitrogens with one attached hydrogen (secondary N) is 2. The van der Waals surface area contributed by atoms with Crippen LogP contribution in [-0.2, 0) is 10.0 Å². The van der Waals surface area contributed by atoms with Gasteiger partial charge in [-0.05, 0) is 30.7 Å². The summed E-state index contributed by atoms with van der Waals surface area (Å²) in [5.41, 5.74) is 0.867. The molecule has 4 N–H and O–H groups in total. The van der Waals surface area contributed by atoms with E-state index in [1.807, 2.05) is 18.2 Å². The first-order chi connectivity index (χ1) is 11.8. The molecule has 25 heavy (non-hydrogen) atoms. The van der Waals surface area contributed by atoms with Crippen LogP contribution in [0.15, 0.2) is 53.4 Å². The number of aliphatic hydroxyl groups is 1. The lowest BCUT2D eigenvalue weighted by atomic mass is 10.1. The maximum absolute atomic E-state index is 12.6. The summed E-state index contributed by atoms with van der Waals surface area (Å²) in [7, 11) is -3.89. The van der Waals surface area contributed by atoms with E-state index in [-0.39, 0.29) is 29.3 Å². The summed E-state index contributed by atoms with van der Waals surface area (Å²) in [6.07, 6.45) is 0. The fourth-order valence-electron chi connectivity index (χ4n) is 2.32. The predicted molar refractivity (Wildman–Crippen MR) is 94.2 cm³/mol. The number of hydrogen-bond donors (Lipinski definition) is 4. The second kappa shape index (κ2) is 8.11. The largest absolute Gasteiger partial charge is 0.478 e. The predicted octanol–water partition coefficient (Wildman–Crippen LogP) is 1.83. The first-order valence-corrected chi connectivity index (χ1v) is 9.13. The van der Waals surface area contributed by atoms with Gasteiger partial charge in [0.2, 0.25) is 10.0 Å². The van der Waals surface area contributed by atoms with E-state index >= 15 is 0 Å². The van der Waals surface area contributed by atoms with E-state index in [1.54, 1.807) is 19.1 Å². The topological polar surface area (TPSA) is 116 Å². The molecule has 0 heterocycles. The Kier molecular flexibility index (Phi) is 6.13. The van der Waals surface area contributed by atoms with E-state index in [1.165, 1.54) is 12.1 Å². The standard InChI is InChI=1S/C17H20N2O5S/c1-12(13-5-3-2-4-6-13)19-25(23,24)14-7-8-16(18-9-10-20)15(11-14)17(21)22/h2-8,11-12,18-20H,9-10H2,1H3,(H,21,22)/t12-/m1/s1. The molecular formula is C17H20N2O5S. The first-order valence-electron chi connectivity index (χ1n) is 7.64. The molecule has 0 spiro atoms. The molecule has 8 heteroatoms. The van der Waals surface area contributed by atoms with Crippen LogP contribution in [0.1, 0.15) is 28.9 Å². The number of carbonyl (C=O) groups is 1. The van der Waals surface area contributed by atoms with Crippen molar-refractivity contribution >= 4 is 21.7 Å². The third-order valence-electron chi connectivity index (χ3n) is 3.59. The molecule has 2 rings (SSSR count). The van der Waals surface area contributed by atoms with Crippen LogP contribution in [0.2, 0.25) is 0 Å². The zero-order chi connectivity index (χ0) is 18.4. The Morgan fingerprint density at radius 3 is 2.44 bits per heavy atom. The highest BCUT2D eigenvalue weighted by Gasteiger charge is 2.21. The molecule has 2 aromatic rings. The Morgan fingerprint density at radius 1 is 1.16 bits per heavy atom. The minimum absolute atomic E-state index is 0.137. The Labute approximate surface area is 146 Å². The molecule has 2 aromatic carbocycles. The normalized spacial score (nSPS) is 12.6. The summed E-state index contributed by atoms with van der Waals surface area (Å²) in [5, 5.41) is 20.9. The number of aliphatic hydroxyl groups excluding tert-OH is 1. The Balaban J connectivity index is 2.29. The van der Waals surface area contributed by atoms with Gasteiger partial charge in [0, 0.05) is 18.3 Å². The van der Waals surface area contributed by atoms with Crippen LogP contribution in [0.25, 0.3) is 0 Å². The van der Waals surface area contributed by atoms with Crippen molar-refractivity contribution in [3.05, 3.63) is 59.7 Å². The molecular weight excluding hydrogens is 344 g/mol. The van der Waals surface area contributed by atoms with Gasteiger partial charge in [-0.2, -0.15) is 0 Å². The number of hydrogen-bond acceptors (Lipinski definition) is 5. The molecule has 0 radical (unpaired) electrons. The zero-order valence-corrected chi connectivity index (χ0v) is 14.5. The lowest BCUT2D eigenvalue weighted by Crippen LogP contribution is -2.27. The van der Waals surface area contributed by atoms with Gasteiger partial charge >= 0.3 is 5.97 Å². The summed E-state index contributed by atoms with van der Waals surface area (Å²) < 4.78 is 27.6. The average Bonchev–Trinajstić information content (AvgIpc) is 2.60. The van der Waals surface area contributed by atoms with Crippen LogP contribution < -0.4 is 10.0 Å². The Hall–Kier alpha value is -2.42. The summed E-state index contributed by atoms with van der Waals surface area (Å²) in [5.74, 6) is -1.26. The van der Waals surface area contributed by atoms with Crippen molar-refractivity contribution < 1.29 is 23.4 Å². The van der Waals surface area contributed by atoms with Gasteiger partial charge in [-0.25, -0.2) is 17.9 Å². The van der Waals surface area contributed by atoms with E-state index in [0.717, 1.165) is 11.6 Å². The van der Waals surface area contributed by atoms with Gasteiger partial charge in [-0.15, -0.1) is 0 Å². The highest BCUT2D eigenvalue weighted by Crippen LogP contribution is 2.22. The van der Waals surface area contributed by atoms with Gasteiger partial charge < -0.3 is 15.5 Å². The Bertz CT molecular complexity index is 837. The molecule has 0 aromatic heterocycles. The van der Waals surface area contributed by atoms with Gasteiger partial charge in [0.25, 0.3) is 0 Å². The maximum atomic E-state index is 12.6. The molecule has 0 aliphatic heterocycles. The van der Waals surface area contributed by atoms with Gasteiger partial charge in [0.05, 0.1) is 17.1 Å². The van der Waals surface area contributed by atoms with E-state index in [0.29, 0.717) is 0 Å². The molecule has 0 saturated carbocycles. The van der Waals surface area contributed by atoms with E-state index in [4.69, 9.17) is 5.11 Å². The molecule has 0 bridgehead atoms. The Morgan fingerprint density at radius 2 is 1.84 bits per heavy atom. The van der Waals surface area contributed by atoms with Crippen LogP contribution in [0.3, 0.4) is 0 Å². The molecule has 0 fully saturated rings. The third kappa shape index (κ3) is 4.79. The number of benzene rings is 2. The van der Waals surface area contributed by atoms with Gasteiger partial charge in [-0.1, -0.05) is 30.3 Å². The fourth-order valence-corrected chi connectivity index (χ4v) is 3.58. The second-order valence-corrected chi connectivity index (χ2v) is 7.13. The highest BCUT2D eigenvalue weighted by molar-refractivity contribution is 7.89. The van der Waals surface area contributed by atoms with Gasteiger partial charge in [0.1, 0.15) is 0 Å². The molecule has 1 atom stereocenters. The number of aromatic carboxylic acids is 1. The number of anilines is 1. The monoisotopic (exact) mass is 364 g/mol. The summed E-state index contributed by atoms with van der Waals surface area (Å²) in [6.45, 7) is 1.70. The molecule has 0 aliphatic carbocycles. The number of rotatable bonds is 8. The minimum Gasteiger partial charge on any atom is -0.478 e. The molecule has 0 unspecified atom stereocenters. The lowest BCUT2D eigenvalue weighted by molar-refractivity contribution is 0.0697. The quantitative estimate of drug-likeness (QED) is 0.568. The highest BCUT2D eigenvalue weighted by atomic mass is 32.2. The number of carboxylic acids is 1. The summed E-state index contributed by atoms with van der Waals surface area (Å²) in [6, 6.07) is 12.4. The fraction of sp³-hybridized carbons (Fsp3) is 0.235. The first kappa shape index (κ1) is 18.9. The maximum Gasteiger partial charge on any atom is 0.337 e. The summed E-state index contributed by atoms with van der Waals surface area (Å²) >= 11 is 0. The third-order valence-corrected chi connectivity index (χ3v) is 5.13. The number of carboxylic acid groups (broad SMARTS) is 1. The minimum atomic E-state index is -3.89. The molecule has 0 saturated heterocycles. The van der Waals surface area contributed by atoms with Crippen LogP contribution in [0.5, 0.6) is 0 Å².